The second kappa shape index (κ2) is 9.86. The van der Waals surface area contributed by atoms with Crippen LogP contribution in [0.25, 0.3) is 0 Å². The average molecular weight is 552 g/mol. The number of Topliss-reactive ketones (excluding diaryl/α,β-unsaturated/α-hetero) is 2. The lowest BCUT2D eigenvalue weighted by molar-refractivity contribution is -0.131. The maximum absolute atomic E-state index is 14.5. The fourth-order valence-corrected chi connectivity index (χ4v) is 5.88. The molecule has 0 saturated heterocycles. The van der Waals surface area contributed by atoms with E-state index in [9.17, 15) is 14.4 Å². The Labute approximate surface area is 230 Å². The number of amides is 1. The van der Waals surface area contributed by atoms with E-state index in [2.05, 4.69) is 11.2 Å². The number of ether oxygens (including phenoxy) is 5. The van der Waals surface area contributed by atoms with E-state index in [1.165, 1.54) is 27.4 Å². The van der Waals surface area contributed by atoms with Gasteiger partial charge in [-0.05, 0) is 24.1 Å². The summed E-state index contributed by atoms with van der Waals surface area (Å²) in [6.07, 6.45) is 5.56. The number of methoxy groups -OCH3 is 3. The topological polar surface area (TPSA) is 109 Å². The Bertz CT molecular complexity index is 1490. The normalized spacial score (nSPS) is 23.4. The van der Waals surface area contributed by atoms with Crippen LogP contribution in [0.2, 0.25) is 5.02 Å². The predicted molar refractivity (Wildman–Crippen MR) is 141 cm³/mol. The highest BCUT2D eigenvalue weighted by Gasteiger charge is 2.63. The summed E-state index contributed by atoms with van der Waals surface area (Å²) in [5.41, 5.74) is -0.421. The molecular weight excluding hydrogens is 526 g/mol. The third-order valence-electron chi connectivity index (χ3n) is 7.46. The summed E-state index contributed by atoms with van der Waals surface area (Å²) in [5, 5.41) is 2.91. The molecular formula is C29H26ClNO8. The molecule has 2 aromatic carbocycles. The SMILES string of the molecule is C#CCOc1cc(C2CC(=O)NC3=C2C(=O)[C@@]2(Oc4c(Cl)c(OC)cc(OC)c4C2=O)[C@H](C)C3)ccc1OC. The monoisotopic (exact) mass is 551 g/mol. The molecule has 9 nitrogen and oxygen atoms in total. The number of hydrogen-bond donors (Lipinski definition) is 1. The first-order chi connectivity index (χ1) is 18.7. The van der Waals surface area contributed by atoms with Crippen LogP contribution in [-0.2, 0) is 9.59 Å². The maximum atomic E-state index is 14.5. The van der Waals surface area contributed by atoms with Crippen LogP contribution in [0, 0.1) is 18.3 Å². The van der Waals surface area contributed by atoms with Crippen LogP contribution in [0.1, 0.15) is 41.6 Å². The van der Waals surface area contributed by atoms with E-state index >= 15 is 0 Å². The highest BCUT2D eigenvalue weighted by atomic mass is 35.5. The minimum absolute atomic E-state index is 0.00508. The Morgan fingerprint density at radius 1 is 1.03 bits per heavy atom. The molecule has 2 aromatic rings. The first-order valence-electron chi connectivity index (χ1n) is 12.2. The molecule has 1 N–H and O–H groups in total. The molecule has 10 heteroatoms. The van der Waals surface area contributed by atoms with E-state index < -0.39 is 29.0 Å². The van der Waals surface area contributed by atoms with Gasteiger partial charge in [-0.15, -0.1) is 6.42 Å². The molecule has 1 amide bonds. The van der Waals surface area contributed by atoms with Gasteiger partial charge in [-0.3, -0.25) is 14.4 Å². The van der Waals surface area contributed by atoms with Crippen molar-refractivity contribution in [2.75, 3.05) is 27.9 Å². The zero-order chi connectivity index (χ0) is 28.1. The molecule has 5 rings (SSSR count). The Kier molecular flexibility index (Phi) is 6.69. The van der Waals surface area contributed by atoms with Gasteiger partial charge in [0.05, 0.1) is 21.3 Å². The molecule has 3 aliphatic rings. The Balaban J connectivity index is 1.63. The minimum Gasteiger partial charge on any atom is -0.496 e. The number of terminal acetylenes is 1. The zero-order valence-electron chi connectivity index (χ0n) is 21.8. The number of hydrogen-bond acceptors (Lipinski definition) is 8. The van der Waals surface area contributed by atoms with E-state index in [0.29, 0.717) is 28.3 Å². The van der Waals surface area contributed by atoms with Crippen LogP contribution in [0.3, 0.4) is 0 Å². The van der Waals surface area contributed by atoms with Gasteiger partial charge in [0, 0.05) is 35.6 Å². The summed E-state index contributed by atoms with van der Waals surface area (Å²) in [5.74, 6) is 1.07. The summed E-state index contributed by atoms with van der Waals surface area (Å²) in [7, 11) is 4.33. The van der Waals surface area contributed by atoms with Crippen LogP contribution in [0.5, 0.6) is 28.7 Å². The number of rotatable bonds is 6. The second-order valence-electron chi connectivity index (χ2n) is 9.50. The van der Waals surface area contributed by atoms with Gasteiger partial charge in [-0.1, -0.05) is 30.5 Å². The van der Waals surface area contributed by atoms with Crippen molar-refractivity contribution in [3.05, 3.63) is 51.7 Å². The van der Waals surface area contributed by atoms with Crippen LogP contribution in [0.15, 0.2) is 35.5 Å². The van der Waals surface area contributed by atoms with Gasteiger partial charge in [-0.25, -0.2) is 0 Å². The molecule has 0 radical (unpaired) electrons. The van der Waals surface area contributed by atoms with Gasteiger partial charge in [-0.2, -0.15) is 0 Å². The summed E-state index contributed by atoms with van der Waals surface area (Å²) >= 11 is 6.54. The van der Waals surface area contributed by atoms with Crippen molar-refractivity contribution in [3.63, 3.8) is 0 Å². The molecule has 39 heavy (non-hydrogen) atoms. The fourth-order valence-electron chi connectivity index (χ4n) is 5.62. The van der Waals surface area contributed by atoms with Gasteiger partial charge < -0.3 is 29.0 Å². The second-order valence-corrected chi connectivity index (χ2v) is 9.88. The van der Waals surface area contributed by atoms with Crippen molar-refractivity contribution in [1.29, 1.82) is 0 Å². The fraction of sp³-hybridized carbons (Fsp3) is 0.345. The number of allylic oxidation sites excluding steroid dienone is 1. The number of ketones is 2. The summed E-state index contributed by atoms with van der Waals surface area (Å²) in [6, 6.07) is 6.62. The number of fused-ring (bicyclic) bond motifs is 1. The van der Waals surface area contributed by atoms with Gasteiger partial charge in [0.25, 0.3) is 0 Å². The van der Waals surface area contributed by atoms with Crippen LogP contribution < -0.4 is 29.0 Å². The third kappa shape index (κ3) is 3.90. The molecule has 0 bridgehead atoms. The van der Waals surface area contributed by atoms with Crippen LogP contribution in [0.4, 0.5) is 0 Å². The lowest BCUT2D eigenvalue weighted by Crippen LogP contribution is -2.59. The van der Waals surface area contributed by atoms with Crippen molar-refractivity contribution in [2.24, 2.45) is 5.92 Å². The standard InChI is InChI=1S/C29H26ClNO8/c1-6-9-38-19-11-15(7-8-18(19)35-3)16-12-22(32)31-17-10-14(2)29(27(33)23(16)17)28(34)24-20(36-4)13-21(37-5)25(30)26(24)39-29/h1,7-8,11,13-14,16H,9-10,12H2,2-5H3,(H,31,32)/t14-,16?,29+/m1/s1. The lowest BCUT2D eigenvalue weighted by atomic mass is 9.66. The minimum atomic E-state index is -1.89. The quantitative estimate of drug-likeness (QED) is 0.426. The van der Waals surface area contributed by atoms with Gasteiger partial charge in [0.2, 0.25) is 23.1 Å². The summed E-state index contributed by atoms with van der Waals surface area (Å²) < 4.78 is 28.1. The molecule has 202 valence electrons. The summed E-state index contributed by atoms with van der Waals surface area (Å²) in [4.78, 5) is 41.3. The predicted octanol–water partition coefficient (Wildman–Crippen LogP) is 3.86. The van der Waals surface area contributed by atoms with Gasteiger partial charge in [0.1, 0.15) is 28.7 Å². The van der Waals surface area contributed by atoms with Crippen molar-refractivity contribution >= 4 is 29.1 Å². The molecule has 2 heterocycles. The highest BCUT2D eigenvalue weighted by molar-refractivity contribution is 6.36. The molecule has 1 spiro atoms. The lowest BCUT2D eigenvalue weighted by Gasteiger charge is -2.41. The maximum Gasteiger partial charge on any atom is 0.236 e. The first-order valence-corrected chi connectivity index (χ1v) is 12.6. The zero-order valence-corrected chi connectivity index (χ0v) is 22.6. The Hall–Kier alpha value is -4.16. The molecule has 0 aromatic heterocycles. The Morgan fingerprint density at radius 2 is 1.74 bits per heavy atom. The number of nitrogens with one attached hydrogen (secondary N) is 1. The molecule has 2 aliphatic heterocycles. The van der Waals surface area contributed by atoms with Crippen molar-refractivity contribution in [2.45, 2.75) is 31.3 Å². The largest absolute Gasteiger partial charge is 0.496 e. The molecule has 1 aliphatic carbocycles. The smallest absolute Gasteiger partial charge is 0.236 e. The number of carbonyl (C=O) groups excluding carboxylic acids is 3. The molecule has 0 fully saturated rings. The van der Waals surface area contributed by atoms with Crippen LogP contribution >= 0.6 is 11.6 Å². The van der Waals surface area contributed by atoms with Crippen molar-refractivity contribution in [1.82, 2.24) is 5.32 Å². The number of halogens is 1. The Morgan fingerprint density at radius 3 is 2.41 bits per heavy atom. The molecule has 0 saturated carbocycles. The highest BCUT2D eigenvalue weighted by Crippen LogP contribution is 2.55. The number of benzene rings is 2. The molecule has 3 atom stereocenters. The van der Waals surface area contributed by atoms with E-state index in [1.54, 1.807) is 25.1 Å². The van der Waals surface area contributed by atoms with E-state index in [1.807, 2.05) is 0 Å². The van der Waals surface area contributed by atoms with E-state index in [-0.39, 0.29) is 53.2 Å². The molecule has 1 unspecified atom stereocenters. The first kappa shape index (κ1) is 26.4. The van der Waals surface area contributed by atoms with Crippen molar-refractivity contribution in [3.8, 4) is 41.1 Å². The van der Waals surface area contributed by atoms with Crippen LogP contribution in [-0.4, -0.2) is 51.0 Å². The summed E-state index contributed by atoms with van der Waals surface area (Å²) in [6.45, 7) is 1.74. The number of carbonyl (C=O) groups is 3. The van der Waals surface area contributed by atoms with Gasteiger partial charge >= 0.3 is 0 Å². The average Bonchev–Trinajstić information content (AvgIpc) is 3.25. The van der Waals surface area contributed by atoms with E-state index in [4.69, 9.17) is 41.7 Å². The van der Waals surface area contributed by atoms with E-state index in [0.717, 1.165) is 0 Å². The third-order valence-corrected chi connectivity index (χ3v) is 7.82. The van der Waals surface area contributed by atoms with Gasteiger partial charge in [0.15, 0.2) is 17.2 Å². The van der Waals surface area contributed by atoms with Crippen molar-refractivity contribution < 1.29 is 38.1 Å².